The van der Waals surface area contributed by atoms with Gasteiger partial charge in [-0.3, -0.25) is 19.2 Å². The number of rotatable bonds is 5. The number of aromatic nitrogens is 2. The Balaban J connectivity index is 1.26. The van der Waals surface area contributed by atoms with Gasteiger partial charge in [-0.25, -0.2) is 0 Å². The van der Waals surface area contributed by atoms with Crippen LogP contribution in [0.1, 0.15) is 29.6 Å². The minimum absolute atomic E-state index is 0.0863. The second-order valence-corrected chi connectivity index (χ2v) is 8.21. The Morgan fingerprint density at radius 1 is 1.19 bits per heavy atom. The molecule has 0 aliphatic carbocycles. The van der Waals surface area contributed by atoms with Gasteiger partial charge in [0.2, 0.25) is 5.91 Å². The van der Waals surface area contributed by atoms with Crippen molar-refractivity contribution < 1.29 is 19.1 Å². The average Bonchev–Trinajstić information content (AvgIpc) is 3.05. The number of aryl methyl sites for hydroxylation is 1. The highest BCUT2D eigenvalue weighted by Gasteiger charge is 2.23. The van der Waals surface area contributed by atoms with E-state index in [1.807, 2.05) is 0 Å². The number of benzene rings is 1. The number of carbonyl (C=O) groups is 2. The van der Waals surface area contributed by atoms with Crippen molar-refractivity contribution >= 4 is 29.1 Å². The molecule has 2 aromatic rings. The molecule has 4 rings (SSSR count). The molecule has 0 bridgehead atoms. The van der Waals surface area contributed by atoms with Crippen LogP contribution in [0.25, 0.3) is 0 Å². The first-order valence-electron chi connectivity index (χ1n) is 10.4. The predicted molar refractivity (Wildman–Crippen MR) is 116 cm³/mol. The minimum Gasteiger partial charge on any atom is -0.490 e. The number of carbonyl (C=O) groups excluding carboxylic acids is 2. The van der Waals surface area contributed by atoms with Crippen LogP contribution in [-0.2, 0) is 11.8 Å². The van der Waals surface area contributed by atoms with Crippen molar-refractivity contribution in [2.24, 2.45) is 7.05 Å². The summed E-state index contributed by atoms with van der Waals surface area (Å²) in [5, 5.41) is 10.3. The Bertz CT molecular complexity index is 955. The Kier molecular flexibility index (Phi) is 6.62. The number of piperidine rings is 1. The summed E-state index contributed by atoms with van der Waals surface area (Å²) < 4.78 is 12.9. The highest BCUT2D eigenvalue weighted by molar-refractivity contribution is 6.34. The van der Waals surface area contributed by atoms with Crippen LogP contribution in [0.15, 0.2) is 24.5 Å². The van der Waals surface area contributed by atoms with E-state index in [1.54, 1.807) is 36.3 Å². The summed E-state index contributed by atoms with van der Waals surface area (Å²) in [5.41, 5.74) is 1.06. The fraction of sp³-hybridized carbons (Fsp3) is 0.476. The highest BCUT2D eigenvalue weighted by atomic mass is 35.5. The predicted octanol–water partition coefficient (Wildman–Crippen LogP) is 2.07. The quantitative estimate of drug-likeness (QED) is 0.728. The number of ether oxygens (including phenoxy) is 2. The molecule has 0 atom stereocenters. The van der Waals surface area contributed by atoms with Gasteiger partial charge in [0.05, 0.1) is 42.2 Å². The minimum atomic E-state index is -0.144. The standard InChI is InChI=1S/C21H26ClN5O4/c1-26-12-14(11-23-26)21(29)24-15-3-5-27(6-4-15)13-20(28)25-17-10-19-18(9-16(17)22)30-7-2-8-31-19/h9-12,15H,2-8,13H2,1H3,(H,24,29)(H,25,28). The van der Waals surface area contributed by atoms with Gasteiger partial charge in [-0.1, -0.05) is 11.6 Å². The van der Waals surface area contributed by atoms with Gasteiger partial charge < -0.3 is 20.1 Å². The molecule has 2 aliphatic rings. The molecule has 0 saturated carbocycles. The molecular weight excluding hydrogens is 422 g/mol. The molecule has 31 heavy (non-hydrogen) atoms. The van der Waals surface area contributed by atoms with E-state index in [2.05, 4.69) is 20.6 Å². The molecule has 166 valence electrons. The number of nitrogens with zero attached hydrogens (tertiary/aromatic N) is 3. The zero-order valence-corrected chi connectivity index (χ0v) is 18.2. The molecular formula is C21H26ClN5O4. The molecule has 2 amide bonds. The molecule has 2 aliphatic heterocycles. The van der Waals surface area contributed by atoms with E-state index in [4.69, 9.17) is 21.1 Å². The Labute approximate surface area is 185 Å². The van der Waals surface area contributed by atoms with Crippen LogP contribution < -0.4 is 20.1 Å². The first kappa shape index (κ1) is 21.5. The third-order valence-corrected chi connectivity index (χ3v) is 5.68. The summed E-state index contributed by atoms with van der Waals surface area (Å²) >= 11 is 6.31. The van der Waals surface area contributed by atoms with Gasteiger partial charge in [-0.05, 0) is 12.8 Å². The van der Waals surface area contributed by atoms with Gasteiger partial charge in [0, 0.05) is 50.9 Å². The molecule has 9 nitrogen and oxygen atoms in total. The third-order valence-electron chi connectivity index (χ3n) is 5.37. The van der Waals surface area contributed by atoms with Crippen LogP contribution in [0.2, 0.25) is 5.02 Å². The van der Waals surface area contributed by atoms with E-state index in [9.17, 15) is 9.59 Å². The van der Waals surface area contributed by atoms with Crippen molar-refractivity contribution in [3.8, 4) is 11.5 Å². The number of halogens is 1. The van der Waals surface area contributed by atoms with E-state index < -0.39 is 0 Å². The lowest BCUT2D eigenvalue weighted by atomic mass is 10.0. The van der Waals surface area contributed by atoms with Crippen LogP contribution in [0.5, 0.6) is 11.5 Å². The maximum atomic E-state index is 12.6. The largest absolute Gasteiger partial charge is 0.490 e. The summed E-state index contributed by atoms with van der Waals surface area (Å²) in [6, 6.07) is 3.47. The average molecular weight is 448 g/mol. The fourth-order valence-corrected chi connectivity index (χ4v) is 3.92. The van der Waals surface area contributed by atoms with E-state index in [0.717, 1.165) is 32.4 Å². The molecule has 10 heteroatoms. The normalized spacial score (nSPS) is 17.1. The maximum absolute atomic E-state index is 12.6. The first-order chi connectivity index (χ1) is 15.0. The topological polar surface area (TPSA) is 97.7 Å². The van der Waals surface area contributed by atoms with Gasteiger partial charge in [0.25, 0.3) is 5.91 Å². The summed E-state index contributed by atoms with van der Waals surface area (Å²) in [5.74, 6) is 0.917. The van der Waals surface area contributed by atoms with Gasteiger partial charge in [-0.2, -0.15) is 5.10 Å². The third kappa shape index (κ3) is 5.48. The lowest BCUT2D eigenvalue weighted by Crippen LogP contribution is -2.46. The molecule has 0 unspecified atom stereocenters. The molecule has 1 saturated heterocycles. The van der Waals surface area contributed by atoms with Crippen molar-refractivity contribution in [1.82, 2.24) is 20.0 Å². The van der Waals surface area contributed by atoms with E-state index in [-0.39, 0.29) is 24.4 Å². The molecule has 3 heterocycles. The molecule has 2 N–H and O–H groups in total. The van der Waals surface area contributed by atoms with Gasteiger partial charge in [0.15, 0.2) is 11.5 Å². The summed E-state index contributed by atoms with van der Waals surface area (Å²) in [6.45, 7) is 2.84. The Morgan fingerprint density at radius 3 is 2.58 bits per heavy atom. The monoisotopic (exact) mass is 447 g/mol. The Morgan fingerprint density at radius 2 is 1.90 bits per heavy atom. The van der Waals surface area contributed by atoms with Crippen LogP contribution in [-0.4, -0.2) is 65.4 Å². The lowest BCUT2D eigenvalue weighted by molar-refractivity contribution is -0.117. The first-order valence-corrected chi connectivity index (χ1v) is 10.8. The van der Waals surface area contributed by atoms with Crippen molar-refractivity contribution in [1.29, 1.82) is 0 Å². The van der Waals surface area contributed by atoms with Crippen molar-refractivity contribution in [2.75, 3.05) is 38.2 Å². The lowest BCUT2D eigenvalue weighted by Gasteiger charge is -2.31. The summed E-state index contributed by atoms with van der Waals surface area (Å²) in [4.78, 5) is 26.9. The number of amides is 2. The van der Waals surface area contributed by atoms with Crippen molar-refractivity contribution in [3.05, 3.63) is 35.1 Å². The number of anilines is 1. The number of hydrogen-bond donors (Lipinski definition) is 2. The molecule has 1 aromatic heterocycles. The number of hydrogen-bond acceptors (Lipinski definition) is 6. The zero-order chi connectivity index (χ0) is 21.8. The highest BCUT2D eigenvalue weighted by Crippen LogP contribution is 2.37. The SMILES string of the molecule is Cn1cc(C(=O)NC2CCN(CC(=O)Nc3cc4c(cc3Cl)OCCCO4)CC2)cn1. The van der Waals surface area contributed by atoms with Crippen LogP contribution in [0, 0.1) is 0 Å². The van der Waals surface area contributed by atoms with Crippen molar-refractivity contribution in [3.63, 3.8) is 0 Å². The molecule has 1 aromatic carbocycles. The zero-order valence-electron chi connectivity index (χ0n) is 17.4. The van der Waals surface area contributed by atoms with E-state index >= 15 is 0 Å². The molecule has 0 radical (unpaired) electrons. The van der Waals surface area contributed by atoms with Gasteiger partial charge in [0.1, 0.15) is 0 Å². The van der Waals surface area contributed by atoms with Gasteiger partial charge >= 0.3 is 0 Å². The second kappa shape index (κ2) is 9.57. The van der Waals surface area contributed by atoms with E-state index in [0.29, 0.717) is 41.0 Å². The van der Waals surface area contributed by atoms with E-state index in [1.165, 1.54) is 0 Å². The van der Waals surface area contributed by atoms with Gasteiger partial charge in [-0.15, -0.1) is 0 Å². The number of likely N-dealkylation sites (tertiary alicyclic amines) is 1. The van der Waals surface area contributed by atoms with Crippen molar-refractivity contribution in [2.45, 2.75) is 25.3 Å². The van der Waals surface area contributed by atoms with Crippen LogP contribution >= 0.6 is 11.6 Å². The van der Waals surface area contributed by atoms with Crippen LogP contribution in [0.3, 0.4) is 0 Å². The maximum Gasteiger partial charge on any atom is 0.254 e. The molecule has 1 fully saturated rings. The smallest absolute Gasteiger partial charge is 0.254 e. The van der Waals surface area contributed by atoms with Crippen LogP contribution in [0.4, 0.5) is 5.69 Å². The summed E-state index contributed by atoms with van der Waals surface area (Å²) in [6.07, 6.45) is 5.61. The summed E-state index contributed by atoms with van der Waals surface area (Å²) in [7, 11) is 1.78. The number of nitrogens with one attached hydrogen (secondary N) is 2. The molecule has 0 spiro atoms. The fourth-order valence-electron chi connectivity index (χ4n) is 3.72. The number of fused-ring (bicyclic) bond motifs is 1. The second-order valence-electron chi connectivity index (χ2n) is 7.80. The Hall–Kier alpha value is -2.78.